The molecule has 1 aromatic carbocycles. The van der Waals surface area contributed by atoms with Crippen molar-refractivity contribution in [1.82, 2.24) is 0 Å². The van der Waals surface area contributed by atoms with E-state index in [0.29, 0.717) is 12.5 Å². The molecular formula is C11H18N4O. The Balaban J connectivity index is 2.54. The number of nitrogens with one attached hydrogen (secondary N) is 2. The minimum atomic E-state index is 0.00172. The van der Waals surface area contributed by atoms with Gasteiger partial charge in [0.1, 0.15) is 0 Å². The largest absolute Gasteiger partial charge is 0.394 e. The summed E-state index contributed by atoms with van der Waals surface area (Å²) in [6.45, 7) is 3.26. The normalized spacial score (nSPS) is 11.2. The first kappa shape index (κ1) is 12.3. The van der Waals surface area contributed by atoms with Crippen molar-refractivity contribution in [2.24, 2.45) is 10.7 Å². The van der Waals surface area contributed by atoms with Gasteiger partial charge in [0.15, 0.2) is 5.96 Å². The van der Waals surface area contributed by atoms with Crippen LogP contribution in [0.2, 0.25) is 0 Å². The maximum absolute atomic E-state index is 8.58. The summed E-state index contributed by atoms with van der Waals surface area (Å²) >= 11 is 0. The molecule has 0 unspecified atom stereocenters. The van der Waals surface area contributed by atoms with Crippen LogP contribution in [-0.4, -0.2) is 30.8 Å². The number of aliphatic imine (C=N–C) groups is 1. The molecule has 88 valence electrons. The second-order valence-corrected chi connectivity index (χ2v) is 3.22. The molecule has 0 bridgehead atoms. The number of nitrogens with zero attached hydrogens (tertiary/aromatic N) is 1. The van der Waals surface area contributed by atoms with Gasteiger partial charge in [-0.2, -0.15) is 0 Å². The van der Waals surface area contributed by atoms with Crippen LogP contribution in [0, 0.1) is 0 Å². The lowest BCUT2D eigenvalue weighted by Gasteiger charge is -2.07. The van der Waals surface area contributed by atoms with Crippen LogP contribution in [0.25, 0.3) is 0 Å². The first-order valence-corrected chi connectivity index (χ1v) is 5.28. The molecule has 0 saturated heterocycles. The van der Waals surface area contributed by atoms with Crippen LogP contribution >= 0.6 is 0 Å². The van der Waals surface area contributed by atoms with E-state index in [1.165, 1.54) is 0 Å². The van der Waals surface area contributed by atoms with Gasteiger partial charge < -0.3 is 21.5 Å². The molecule has 0 heterocycles. The number of benzene rings is 1. The van der Waals surface area contributed by atoms with Gasteiger partial charge in [-0.1, -0.05) is 0 Å². The van der Waals surface area contributed by atoms with Gasteiger partial charge in [0.2, 0.25) is 0 Å². The summed E-state index contributed by atoms with van der Waals surface area (Å²) in [6.07, 6.45) is 0. The SMILES string of the molecule is CCNc1ccc(NC(N)=NCCO)cc1. The number of hydrogen-bond donors (Lipinski definition) is 4. The fourth-order valence-electron chi connectivity index (χ4n) is 1.23. The lowest BCUT2D eigenvalue weighted by Crippen LogP contribution is -2.23. The van der Waals surface area contributed by atoms with Crippen molar-refractivity contribution >= 4 is 17.3 Å². The maximum atomic E-state index is 8.58. The van der Waals surface area contributed by atoms with Gasteiger partial charge in [-0.3, -0.25) is 4.99 Å². The van der Waals surface area contributed by atoms with Crippen LogP contribution < -0.4 is 16.4 Å². The van der Waals surface area contributed by atoms with Gasteiger partial charge in [0.05, 0.1) is 13.2 Å². The highest BCUT2D eigenvalue weighted by molar-refractivity contribution is 5.92. The Labute approximate surface area is 95.4 Å². The van der Waals surface area contributed by atoms with E-state index < -0.39 is 0 Å². The molecule has 0 aromatic heterocycles. The van der Waals surface area contributed by atoms with E-state index in [1.54, 1.807) is 0 Å². The molecule has 16 heavy (non-hydrogen) atoms. The van der Waals surface area contributed by atoms with Crippen molar-refractivity contribution in [3.8, 4) is 0 Å². The third-order valence-corrected chi connectivity index (χ3v) is 1.92. The first-order valence-electron chi connectivity index (χ1n) is 5.28. The summed E-state index contributed by atoms with van der Waals surface area (Å²) in [5.74, 6) is 0.310. The lowest BCUT2D eigenvalue weighted by atomic mass is 10.3. The molecule has 5 nitrogen and oxygen atoms in total. The van der Waals surface area contributed by atoms with E-state index >= 15 is 0 Å². The van der Waals surface area contributed by atoms with Crippen molar-refractivity contribution in [3.05, 3.63) is 24.3 Å². The molecule has 0 aliphatic heterocycles. The van der Waals surface area contributed by atoms with Gasteiger partial charge in [-0.15, -0.1) is 0 Å². The first-order chi connectivity index (χ1) is 7.76. The zero-order chi connectivity index (χ0) is 11.8. The second kappa shape index (κ2) is 6.68. The molecular weight excluding hydrogens is 204 g/mol. The van der Waals surface area contributed by atoms with Gasteiger partial charge >= 0.3 is 0 Å². The van der Waals surface area contributed by atoms with Crippen LogP contribution in [-0.2, 0) is 0 Å². The Morgan fingerprint density at radius 3 is 2.50 bits per heavy atom. The van der Waals surface area contributed by atoms with Gasteiger partial charge in [-0.25, -0.2) is 0 Å². The molecule has 1 aromatic rings. The predicted molar refractivity (Wildman–Crippen MR) is 67.8 cm³/mol. The lowest BCUT2D eigenvalue weighted by molar-refractivity contribution is 0.307. The zero-order valence-electron chi connectivity index (χ0n) is 9.40. The molecule has 1 rings (SSSR count). The monoisotopic (exact) mass is 222 g/mol. The maximum Gasteiger partial charge on any atom is 0.193 e. The van der Waals surface area contributed by atoms with Crippen molar-refractivity contribution in [2.75, 3.05) is 30.3 Å². The number of rotatable bonds is 5. The van der Waals surface area contributed by atoms with E-state index in [1.807, 2.05) is 31.2 Å². The van der Waals surface area contributed by atoms with Crippen molar-refractivity contribution in [1.29, 1.82) is 0 Å². The summed E-state index contributed by atoms with van der Waals surface area (Å²) in [4.78, 5) is 3.91. The van der Waals surface area contributed by atoms with E-state index in [2.05, 4.69) is 15.6 Å². The number of hydrogen-bond acceptors (Lipinski definition) is 3. The third kappa shape index (κ3) is 4.18. The quantitative estimate of drug-likeness (QED) is 0.439. The highest BCUT2D eigenvalue weighted by Gasteiger charge is 1.95. The van der Waals surface area contributed by atoms with E-state index in [4.69, 9.17) is 10.8 Å². The van der Waals surface area contributed by atoms with Gasteiger partial charge in [0.25, 0.3) is 0 Å². The number of aliphatic hydroxyl groups excluding tert-OH is 1. The van der Waals surface area contributed by atoms with Crippen LogP contribution in [0.1, 0.15) is 6.92 Å². The second-order valence-electron chi connectivity index (χ2n) is 3.22. The Morgan fingerprint density at radius 2 is 1.94 bits per heavy atom. The topological polar surface area (TPSA) is 82.7 Å². The van der Waals surface area contributed by atoms with Crippen LogP contribution in [0.5, 0.6) is 0 Å². The van der Waals surface area contributed by atoms with Crippen LogP contribution in [0.4, 0.5) is 11.4 Å². The summed E-state index contributed by atoms with van der Waals surface area (Å²) in [5.41, 5.74) is 7.54. The minimum Gasteiger partial charge on any atom is -0.394 e. The van der Waals surface area contributed by atoms with Gasteiger partial charge in [-0.05, 0) is 31.2 Å². The Bertz CT molecular complexity index is 334. The highest BCUT2D eigenvalue weighted by atomic mass is 16.3. The average Bonchev–Trinajstić information content (AvgIpc) is 2.29. The molecule has 0 aliphatic rings. The molecule has 5 heteroatoms. The number of nitrogens with two attached hydrogens (primary N) is 1. The summed E-state index contributed by atoms with van der Waals surface area (Å²) in [6, 6.07) is 7.76. The number of guanidine groups is 1. The third-order valence-electron chi connectivity index (χ3n) is 1.92. The Hall–Kier alpha value is -1.75. The molecule has 0 aliphatic carbocycles. The van der Waals surface area contributed by atoms with E-state index in [9.17, 15) is 0 Å². The standard InChI is InChI=1S/C11H18N4O/c1-2-13-9-3-5-10(6-4-9)15-11(12)14-7-8-16/h3-6,13,16H,2,7-8H2,1H3,(H3,12,14,15). The van der Waals surface area contributed by atoms with Gasteiger partial charge in [0, 0.05) is 17.9 Å². The number of aliphatic hydroxyl groups is 1. The smallest absolute Gasteiger partial charge is 0.193 e. The Kier molecular flexibility index (Phi) is 5.15. The van der Waals surface area contributed by atoms with E-state index in [0.717, 1.165) is 17.9 Å². The molecule has 0 saturated carbocycles. The summed E-state index contributed by atoms with van der Waals surface area (Å²) in [5, 5.41) is 14.7. The fourth-order valence-corrected chi connectivity index (χ4v) is 1.23. The molecule has 5 N–H and O–H groups in total. The van der Waals surface area contributed by atoms with Crippen LogP contribution in [0.15, 0.2) is 29.3 Å². The van der Waals surface area contributed by atoms with Crippen molar-refractivity contribution in [3.63, 3.8) is 0 Å². The van der Waals surface area contributed by atoms with E-state index in [-0.39, 0.29) is 6.61 Å². The minimum absolute atomic E-state index is 0.00172. The fraction of sp³-hybridized carbons (Fsp3) is 0.364. The molecule has 0 radical (unpaired) electrons. The number of anilines is 2. The molecule has 0 amide bonds. The average molecular weight is 222 g/mol. The van der Waals surface area contributed by atoms with Crippen molar-refractivity contribution in [2.45, 2.75) is 6.92 Å². The summed E-state index contributed by atoms with van der Waals surface area (Å²) in [7, 11) is 0. The highest BCUT2D eigenvalue weighted by Crippen LogP contribution is 2.12. The molecule has 0 spiro atoms. The summed E-state index contributed by atoms with van der Waals surface area (Å²) < 4.78 is 0. The van der Waals surface area contributed by atoms with Crippen molar-refractivity contribution < 1.29 is 5.11 Å². The molecule has 0 atom stereocenters. The zero-order valence-corrected chi connectivity index (χ0v) is 9.40. The Morgan fingerprint density at radius 1 is 1.31 bits per heavy atom. The molecule has 0 fully saturated rings. The predicted octanol–water partition coefficient (Wildman–Crippen LogP) is 0.837. The van der Waals surface area contributed by atoms with Crippen LogP contribution in [0.3, 0.4) is 0 Å².